The van der Waals surface area contributed by atoms with Crippen molar-refractivity contribution in [3.8, 4) is 6.07 Å². The molecule has 0 radical (unpaired) electrons. The largest absolute Gasteiger partial charge is 0.324 e. The third-order valence-corrected chi connectivity index (χ3v) is 4.92. The van der Waals surface area contributed by atoms with Gasteiger partial charge in [0.05, 0.1) is 18.3 Å². The van der Waals surface area contributed by atoms with Gasteiger partial charge in [-0.2, -0.15) is 5.26 Å². The molecule has 1 N–H and O–H groups in total. The highest BCUT2D eigenvalue weighted by Gasteiger charge is 2.21. The number of nitrogens with one attached hydrogen (secondary N) is 1. The molecule has 1 amide bonds. The number of carbonyl (C=O) groups excluding carboxylic acids is 1. The van der Waals surface area contributed by atoms with Crippen LogP contribution in [0.4, 0.5) is 5.69 Å². The van der Waals surface area contributed by atoms with E-state index in [0.29, 0.717) is 18.9 Å². The van der Waals surface area contributed by atoms with Gasteiger partial charge in [0, 0.05) is 23.1 Å². The first-order chi connectivity index (χ1) is 10.6. The Hall–Kier alpha value is -1.51. The molecule has 1 heterocycles. The highest BCUT2D eigenvalue weighted by Crippen LogP contribution is 2.31. The Morgan fingerprint density at radius 3 is 3.00 bits per heavy atom. The molecule has 2 rings (SSSR count). The maximum absolute atomic E-state index is 12.2. The zero-order valence-electron chi connectivity index (χ0n) is 13.2. The molecule has 1 aromatic carbocycles. The molecule has 1 aliphatic rings. The van der Waals surface area contributed by atoms with E-state index >= 15 is 0 Å². The summed E-state index contributed by atoms with van der Waals surface area (Å²) < 4.78 is 0. The number of likely N-dealkylation sites (tertiary alicyclic amines) is 1. The van der Waals surface area contributed by atoms with Gasteiger partial charge in [-0.1, -0.05) is 26.0 Å². The highest BCUT2D eigenvalue weighted by atomic mass is 32.2. The van der Waals surface area contributed by atoms with Crippen molar-refractivity contribution in [1.29, 1.82) is 5.26 Å². The van der Waals surface area contributed by atoms with Gasteiger partial charge in [-0.25, -0.2) is 0 Å². The number of rotatable bonds is 6. The summed E-state index contributed by atoms with van der Waals surface area (Å²) in [5.41, 5.74) is 0.842. The van der Waals surface area contributed by atoms with Gasteiger partial charge in [0.2, 0.25) is 5.91 Å². The van der Waals surface area contributed by atoms with E-state index in [0.717, 1.165) is 23.7 Å². The average Bonchev–Trinajstić information content (AvgIpc) is 2.86. The summed E-state index contributed by atoms with van der Waals surface area (Å²) in [4.78, 5) is 15.4. The molecule has 1 aromatic rings. The van der Waals surface area contributed by atoms with Gasteiger partial charge >= 0.3 is 0 Å². The summed E-state index contributed by atoms with van der Waals surface area (Å²) in [5.74, 6) is 0.720. The van der Waals surface area contributed by atoms with Crippen LogP contribution in [0, 0.1) is 17.2 Å². The van der Waals surface area contributed by atoms with Crippen molar-refractivity contribution < 1.29 is 4.79 Å². The second-order valence-corrected chi connectivity index (χ2v) is 7.44. The van der Waals surface area contributed by atoms with Gasteiger partial charge in [0.1, 0.15) is 0 Å². The lowest BCUT2D eigenvalue weighted by Crippen LogP contribution is -2.31. The number of hydrogen-bond acceptors (Lipinski definition) is 4. The van der Waals surface area contributed by atoms with Crippen molar-refractivity contribution in [1.82, 2.24) is 4.90 Å². The van der Waals surface area contributed by atoms with Crippen molar-refractivity contribution in [2.45, 2.75) is 36.8 Å². The number of thioether (sulfide) groups is 1. The molecular weight excluding hydrogens is 294 g/mol. The number of carbonyl (C=O) groups is 1. The van der Waals surface area contributed by atoms with Gasteiger partial charge in [0.25, 0.3) is 0 Å². The lowest BCUT2D eigenvalue weighted by atomic mass is 10.2. The Balaban J connectivity index is 1.94. The van der Waals surface area contributed by atoms with E-state index in [4.69, 9.17) is 5.26 Å². The minimum Gasteiger partial charge on any atom is -0.324 e. The predicted molar refractivity (Wildman–Crippen MR) is 90.8 cm³/mol. The number of anilines is 1. The fourth-order valence-electron chi connectivity index (χ4n) is 2.62. The van der Waals surface area contributed by atoms with E-state index in [1.54, 1.807) is 11.8 Å². The zero-order valence-corrected chi connectivity index (χ0v) is 14.0. The summed E-state index contributed by atoms with van der Waals surface area (Å²) in [6, 6.07) is 9.98. The first-order valence-electron chi connectivity index (χ1n) is 7.73. The molecule has 1 saturated heterocycles. The van der Waals surface area contributed by atoms with Crippen LogP contribution in [0.25, 0.3) is 0 Å². The summed E-state index contributed by atoms with van der Waals surface area (Å²) in [6.45, 7) is 6.71. The zero-order chi connectivity index (χ0) is 15.9. The second kappa shape index (κ2) is 8.21. The second-order valence-electron chi connectivity index (χ2n) is 5.96. The van der Waals surface area contributed by atoms with Gasteiger partial charge in [0.15, 0.2) is 0 Å². The average molecular weight is 317 g/mol. The van der Waals surface area contributed by atoms with Gasteiger partial charge < -0.3 is 5.32 Å². The number of hydrogen-bond donors (Lipinski definition) is 1. The molecule has 0 spiro atoms. The molecule has 0 aromatic heterocycles. The highest BCUT2D eigenvalue weighted by molar-refractivity contribution is 8.00. The first-order valence-corrected chi connectivity index (χ1v) is 8.61. The number of para-hydroxylation sites is 1. The SMILES string of the molecule is CC1CCN(CC(=O)Nc2ccccc2SC(C)CC#N)C1. The number of amides is 1. The smallest absolute Gasteiger partial charge is 0.238 e. The number of nitriles is 1. The van der Waals surface area contributed by atoms with Crippen LogP contribution < -0.4 is 5.32 Å². The third-order valence-electron chi connectivity index (χ3n) is 3.74. The summed E-state index contributed by atoms with van der Waals surface area (Å²) in [5, 5.41) is 12.0. The van der Waals surface area contributed by atoms with Gasteiger partial charge in [-0.3, -0.25) is 9.69 Å². The summed E-state index contributed by atoms with van der Waals surface area (Å²) >= 11 is 1.63. The molecule has 2 atom stereocenters. The molecule has 118 valence electrons. The van der Waals surface area contributed by atoms with E-state index in [2.05, 4.69) is 23.2 Å². The number of nitrogens with zero attached hydrogens (tertiary/aromatic N) is 2. The van der Waals surface area contributed by atoms with Crippen molar-refractivity contribution in [2.24, 2.45) is 5.92 Å². The first kappa shape index (κ1) is 16.9. The van der Waals surface area contributed by atoms with Crippen LogP contribution >= 0.6 is 11.8 Å². The monoisotopic (exact) mass is 317 g/mol. The normalized spacial score (nSPS) is 19.6. The van der Waals surface area contributed by atoms with Crippen LogP contribution in [-0.2, 0) is 4.79 Å². The van der Waals surface area contributed by atoms with E-state index in [9.17, 15) is 4.79 Å². The van der Waals surface area contributed by atoms with Crippen LogP contribution in [0.5, 0.6) is 0 Å². The minimum absolute atomic E-state index is 0.0371. The molecule has 5 heteroatoms. The van der Waals surface area contributed by atoms with E-state index < -0.39 is 0 Å². The standard InChI is InChI=1S/C17H23N3OS/c1-13-8-10-20(11-13)12-17(21)19-15-5-3-4-6-16(15)22-14(2)7-9-18/h3-6,13-14H,7-8,10-12H2,1-2H3,(H,19,21). The molecule has 0 bridgehead atoms. The molecule has 1 fully saturated rings. The quantitative estimate of drug-likeness (QED) is 0.817. The van der Waals surface area contributed by atoms with Crippen LogP contribution in [0.15, 0.2) is 29.2 Å². The van der Waals surface area contributed by atoms with Crippen LogP contribution in [0.3, 0.4) is 0 Å². The molecule has 0 saturated carbocycles. The number of benzene rings is 1. The summed E-state index contributed by atoms with van der Waals surface area (Å²) in [7, 11) is 0. The van der Waals surface area contributed by atoms with Crippen molar-refractivity contribution in [3.63, 3.8) is 0 Å². The van der Waals surface area contributed by atoms with Crippen LogP contribution in [0.1, 0.15) is 26.7 Å². The Labute approximate surface area is 136 Å². The Kier molecular flexibility index (Phi) is 6.29. The Bertz CT molecular complexity index is 555. The van der Waals surface area contributed by atoms with E-state index in [1.165, 1.54) is 6.42 Å². The predicted octanol–water partition coefficient (Wildman–Crippen LogP) is 3.36. The fraction of sp³-hybridized carbons (Fsp3) is 0.529. The van der Waals surface area contributed by atoms with Gasteiger partial charge in [-0.15, -0.1) is 11.8 Å². The Morgan fingerprint density at radius 1 is 1.55 bits per heavy atom. The fourth-order valence-corrected chi connectivity index (χ4v) is 3.62. The van der Waals surface area contributed by atoms with Crippen molar-refractivity contribution in [3.05, 3.63) is 24.3 Å². The van der Waals surface area contributed by atoms with E-state index in [-0.39, 0.29) is 11.2 Å². The third kappa shape index (κ3) is 5.04. The van der Waals surface area contributed by atoms with Crippen molar-refractivity contribution in [2.75, 3.05) is 25.0 Å². The molecule has 2 unspecified atom stereocenters. The van der Waals surface area contributed by atoms with Crippen LogP contribution in [-0.4, -0.2) is 35.7 Å². The minimum atomic E-state index is 0.0371. The van der Waals surface area contributed by atoms with Crippen LogP contribution in [0.2, 0.25) is 0 Å². The molecule has 1 aliphatic heterocycles. The maximum Gasteiger partial charge on any atom is 0.238 e. The Morgan fingerprint density at radius 2 is 2.32 bits per heavy atom. The molecule has 22 heavy (non-hydrogen) atoms. The maximum atomic E-state index is 12.2. The van der Waals surface area contributed by atoms with E-state index in [1.807, 2.05) is 31.2 Å². The topological polar surface area (TPSA) is 56.1 Å². The molecule has 0 aliphatic carbocycles. The lowest BCUT2D eigenvalue weighted by molar-refractivity contribution is -0.117. The molecular formula is C17H23N3OS. The molecule has 4 nitrogen and oxygen atoms in total. The van der Waals surface area contributed by atoms with Crippen molar-refractivity contribution >= 4 is 23.4 Å². The lowest BCUT2D eigenvalue weighted by Gasteiger charge is -2.17. The van der Waals surface area contributed by atoms with Gasteiger partial charge in [-0.05, 0) is 31.0 Å². The summed E-state index contributed by atoms with van der Waals surface area (Å²) in [6.07, 6.45) is 1.67.